The van der Waals surface area contributed by atoms with Crippen molar-refractivity contribution in [1.29, 1.82) is 0 Å². The number of carbonyl (C=O) groups excluding carboxylic acids is 1. The Morgan fingerprint density at radius 2 is 2.26 bits per heavy atom. The SMILES string of the molecule is CC1(C)CN(C(=O)c2cc(Br)c(Br)s2)CC(CBr)O1. The molecule has 1 aliphatic heterocycles. The molecule has 7 heteroatoms. The number of rotatable bonds is 2. The number of morpholine rings is 1. The van der Waals surface area contributed by atoms with E-state index in [-0.39, 0.29) is 17.6 Å². The van der Waals surface area contributed by atoms with Crippen LogP contribution in [0.3, 0.4) is 0 Å². The number of alkyl halides is 1. The van der Waals surface area contributed by atoms with Gasteiger partial charge in [-0.2, -0.15) is 0 Å². The molecule has 1 saturated heterocycles. The number of halogens is 3. The summed E-state index contributed by atoms with van der Waals surface area (Å²) in [4.78, 5) is 15.2. The van der Waals surface area contributed by atoms with Gasteiger partial charge < -0.3 is 9.64 Å². The van der Waals surface area contributed by atoms with Crippen LogP contribution in [0.5, 0.6) is 0 Å². The molecule has 0 N–H and O–H groups in total. The maximum absolute atomic E-state index is 12.5. The van der Waals surface area contributed by atoms with Crippen LogP contribution in [0.15, 0.2) is 14.3 Å². The van der Waals surface area contributed by atoms with Gasteiger partial charge in [-0.1, -0.05) is 15.9 Å². The van der Waals surface area contributed by atoms with Gasteiger partial charge in [-0.15, -0.1) is 11.3 Å². The van der Waals surface area contributed by atoms with Crippen LogP contribution in [0.2, 0.25) is 0 Å². The van der Waals surface area contributed by atoms with E-state index in [0.717, 1.165) is 18.5 Å². The van der Waals surface area contributed by atoms with E-state index in [0.29, 0.717) is 13.1 Å². The summed E-state index contributed by atoms with van der Waals surface area (Å²) in [6, 6.07) is 1.86. The minimum absolute atomic E-state index is 0.0412. The summed E-state index contributed by atoms with van der Waals surface area (Å²) in [6.07, 6.45) is 0.0412. The van der Waals surface area contributed by atoms with E-state index >= 15 is 0 Å². The van der Waals surface area contributed by atoms with Crippen LogP contribution in [-0.2, 0) is 4.74 Å². The third-order valence-electron chi connectivity index (χ3n) is 2.80. The maximum Gasteiger partial charge on any atom is 0.264 e. The fourth-order valence-electron chi connectivity index (χ4n) is 2.14. The Kier molecular flexibility index (Phi) is 5.15. The molecule has 19 heavy (non-hydrogen) atoms. The van der Waals surface area contributed by atoms with Crippen LogP contribution >= 0.6 is 59.1 Å². The first-order chi connectivity index (χ1) is 8.82. The summed E-state index contributed by atoms with van der Waals surface area (Å²) in [5.74, 6) is 0.0683. The third kappa shape index (κ3) is 3.81. The summed E-state index contributed by atoms with van der Waals surface area (Å²) < 4.78 is 7.78. The normalized spacial score (nSPS) is 22.6. The first-order valence-corrected chi connectivity index (χ1v) is 9.32. The minimum atomic E-state index is -0.307. The van der Waals surface area contributed by atoms with Crippen molar-refractivity contribution in [3.63, 3.8) is 0 Å². The third-order valence-corrected chi connectivity index (χ3v) is 6.76. The number of thiophene rings is 1. The highest BCUT2D eigenvalue weighted by molar-refractivity contribution is 9.13. The van der Waals surface area contributed by atoms with Crippen LogP contribution in [-0.4, -0.2) is 40.9 Å². The molecule has 1 unspecified atom stereocenters. The van der Waals surface area contributed by atoms with Crippen molar-refractivity contribution in [2.45, 2.75) is 25.6 Å². The first-order valence-electron chi connectivity index (χ1n) is 5.80. The van der Waals surface area contributed by atoms with Gasteiger partial charge in [0.15, 0.2) is 0 Å². The molecule has 1 atom stereocenters. The number of nitrogens with zero attached hydrogens (tertiary/aromatic N) is 1. The second-order valence-corrected chi connectivity index (χ2v) is 8.94. The average molecular weight is 476 g/mol. The smallest absolute Gasteiger partial charge is 0.264 e. The highest BCUT2D eigenvalue weighted by Gasteiger charge is 2.35. The monoisotopic (exact) mass is 473 g/mol. The van der Waals surface area contributed by atoms with Gasteiger partial charge in [0.25, 0.3) is 5.91 Å². The van der Waals surface area contributed by atoms with Crippen LogP contribution in [0.25, 0.3) is 0 Å². The second-order valence-electron chi connectivity index (χ2n) is 5.07. The number of carbonyl (C=O) groups is 1. The zero-order chi connectivity index (χ0) is 14.2. The molecule has 0 aliphatic carbocycles. The molecule has 1 aliphatic rings. The van der Waals surface area contributed by atoms with Gasteiger partial charge in [-0.25, -0.2) is 0 Å². The molecular formula is C12H14Br3NO2S. The molecule has 0 spiro atoms. The predicted molar refractivity (Wildman–Crippen MR) is 88.4 cm³/mol. The van der Waals surface area contributed by atoms with Crippen molar-refractivity contribution >= 4 is 65.0 Å². The Bertz CT molecular complexity index is 470. The van der Waals surface area contributed by atoms with Crippen molar-refractivity contribution in [2.24, 2.45) is 0 Å². The largest absolute Gasteiger partial charge is 0.368 e. The fraction of sp³-hybridized carbons (Fsp3) is 0.583. The topological polar surface area (TPSA) is 29.5 Å². The molecule has 1 amide bonds. The van der Waals surface area contributed by atoms with Crippen LogP contribution in [0, 0.1) is 0 Å². The summed E-state index contributed by atoms with van der Waals surface area (Å²) >= 11 is 11.7. The van der Waals surface area contributed by atoms with Gasteiger partial charge in [0.1, 0.15) is 0 Å². The van der Waals surface area contributed by atoms with E-state index in [1.807, 2.05) is 24.8 Å². The van der Waals surface area contributed by atoms with Crippen LogP contribution < -0.4 is 0 Å². The van der Waals surface area contributed by atoms with Gasteiger partial charge in [0.05, 0.1) is 20.4 Å². The summed E-state index contributed by atoms with van der Waals surface area (Å²) in [6.45, 7) is 5.27. The summed E-state index contributed by atoms with van der Waals surface area (Å²) in [7, 11) is 0. The molecule has 0 aromatic carbocycles. The van der Waals surface area contributed by atoms with Gasteiger partial charge in [0, 0.05) is 22.9 Å². The Morgan fingerprint density at radius 3 is 2.79 bits per heavy atom. The number of hydrogen-bond donors (Lipinski definition) is 0. The standard InChI is InChI=1S/C12H14Br3NO2S/c1-12(2)6-16(5-7(4-13)18-12)11(17)9-3-8(14)10(15)19-9/h3,7H,4-6H2,1-2H3. The van der Waals surface area contributed by atoms with E-state index in [4.69, 9.17) is 4.74 Å². The fourth-order valence-corrected chi connectivity index (χ4v) is 4.48. The van der Waals surface area contributed by atoms with Crippen molar-refractivity contribution < 1.29 is 9.53 Å². The highest BCUT2D eigenvalue weighted by atomic mass is 79.9. The van der Waals surface area contributed by atoms with Crippen molar-refractivity contribution in [3.05, 3.63) is 19.2 Å². The van der Waals surface area contributed by atoms with Crippen molar-refractivity contribution in [1.82, 2.24) is 4.90 Å². The van der Waals surface area contributed by atoms with Crippen molar-refractivity contribution in [3.8, 4) is 0 Å². The van der Waals surface area contributed by atoms with Crippen LogP contribution in [0.4, 0.5) is 0 Å². The Labute approximate surface area is 142 Å². The zero-order valence-corrected chi connectivity index (χ0v) is 16.2. The summed E-state index contributed by atoms with van der Waals surface area (Å²) in [5.41, 5.74) is -0.307. The molecule has 0 radical (unpaired) electrons. The average Bonchev–Trinajstić information content (AvgIpc) is 2.66. The Hall–Kier alpha value is 0.570. The van der Waals surface area contributed by atoms with E-state index in [2.05, 4.69) is 47.8 Å². The first kappa shape index (κ1) is 15.9. The molecule has 0 bridgehead atoms. The second kappa shape index (κ2) is 6.13. The van der Waals surface area contributed by atoms with Crippen LogP contribution in [0.1, 0.15) is 23.5 Å². The van der Waals surface area contributed by atoms with Gasteiger partial charge in [-0.05, 0) is 51.8 Å². The van der Waals surface area contributed by atoms with E-state index < -0.39 is 0 Å². The van der Waals surface area contributed by atoms with Gasteiger partial charge >= 0.3 is 0 Å². The Morgan fingerprint density at radius 1 is 1.58 bits per heavy atom. The lowest BCUT2D eigenvalue weighted by molar-refractivity contribution is -0.116. The molecule has 1 aromatic heterocycles. The quantitative estimate of drug-likeness (QED) is 0.597. The number of amides is 1. The predicted octanol–water partition coefficient (Wildman–Crippen LogP) is 4.29. The summed E-state index contributed by atoms with van der Waals surface area (Å²) in [5, 5.41) is 0.734. The lowest BCUT2D eigenvalue weighted by Gasteiger charge is -2.42. The minimum Gasteiger partial charge on any atom is -0.368 e. The number of hydrogen-bond acceptors (Lipinski definition) is 3. The lowest BCUT2D eigenvalue weighted by Crippen LogP contribution is -2.55. The lowest BCUT2D eigenvalue weighted by atomic mass is 10.1. The maximum atomic E-state index is 12.5. The van der Waals surface area contributed by atoms with Crippen molar-refractivity contribution in [2.75, 3.05) is 18.4 Å². The van der Waals surface area contributed by atoms with Gasteiger partial charge in [0.2, 0.25) is 0 Å². The molecule has 106 valence electrons. The van der Waals surface area contributed by atoms with E-state index in [1.54, 1.807) is 0 Å². The molecule has 0 saturated carbocycles. The van der Waals surface area contributed by atoms with E-state index in [1.165, 1.54) is 11.3 Å². The number of ether oxygens (including phenoxy) is 1. The van der Waals surface area contributed by atoms with Gasteiger partial charge in [-0.3, -0.25) is 4.79 Å². The molecular weight excluding hydrogens is 462 g/mol. The Balaban J connectivity index is 2.18. The highest BCUT2D eigenvalue weighted by Crippen LogP contribution is 2.34. The molecule has 3 nitrogen and oxygen atoms in total. The molecule has 1 fully saturated rings. The zero-order valence-electron chi connectivity index (χ0n) is 10.6. The molecule has 1 aromatic rings. The molecule has 2 rings (SSSR count). The molecule has 2 heterocycles. The van der Waals surface area contributed by atoms with E-state index in [9.17, 15) is 4.79 Å².